The maximum absolute atomic E-state index is 14.5. The van der Waals surface area contributed by atoms with E-state index in [-0.39, 0.29) is 17.1 Å². The highest BCUT2D eigenvalue weighted by Crippen LogP contribution is 2.36. The van der Waals surface area contributed by atoms with Crippen LogP contribution in [0.5, 0.6) is 0 Å². The van der Waals surface area contributed by atoms with Crippen molar-refractivity contribution in [2.24, 2.45) is 10.4 Å². The molecule has 2 aliphatic rings. The fourth-order valence-electron chi connectivity index (χ4n) is 4.21. The monoisotopic (exact) mass is 384 g/mol. The third kappa shape index (κ3) is 3.72. The van der Waals surface area contributed by atoms with Crippen LogP contribution in [-0.2, 0) is 11.3 Å². The molecule has 1 spiro atoms. The zero-order valence-corrected chi connectivity index (χ0v) is 16.0. The molecule has 0 bridgehead atoms. The second-order valence-electron chi connectivity index (χ2n) is 7.64. The van der Waals surface area contributed by atoms with Crippen molar-refractivity contribution in [3.63, 3.8) is 0 Å². The van der Waals surface area contributed by atoms with Crippen LogP contribution in [0.1, 0.15) is 24.8 Å². The Balaban J connectivity index is 1.41. The van der Waals surface area contributed by atoms with Crippen LogP contribution in [-0.4, -0.2) is 53.0 Å². The number of amides is 1. The second kappa shape index (κ2) is 7.61. The maximum atomic E-state index is 14.5. The molecule has 1 aromatic carbocycles. The minimum atomic E-state index is -0.292. The molecule has 1 unspecified atom stereocenters. The normalized spacial score (nSPS) is 22.6. The fourth-order valence-corrected chi connectivity index (χ4v) is 4.21. The van der Waals surface area contributed by atoms with Crippen molar-refractivity contribution in [3.05, 3.63) is 48.3 Å². The number of rotatable bonds is 3. The predicted octanol–water partition coefficient (Wildman–Crippen LogP) is 1.69. The highest BCUT2D eigenvalue weighted by atomic mass is 19.1. The van der Waals surface area contributed by atoms with E-state index >= 15 is 0 Å². The number of benzene rings is 1. The van der Waals surface area contributed by atoms with Crippen molar-refractivity contribution < 1.29 is 9.18 Å². The van der Waals surface area contributed by atoms with Gasteiger partial charge in [-0.05, 0) is 30.5 Å². The first-order valence-electron chi connectivity index (χ1n) is 9.58. The second-order valence-corrected chi connectivity index (χ2v) is 7.64. The van der Waals surface area contributed by atoms with Crippen LogP contribution in [0.3, 0.4) is 0 Å². The highest BCUT2D eigenvalue weighted by Gasteiger charge is 2.42. The van der Waals surface area contributed by atoms with E-state index in [1.807, 2.05) is 6.07 Å². The Kier molecular flexibility index (Phi) is 5.02. The van der Waals surface area contributed by atoms with Crippen LogP contribution in [0.4, 0.5) is 4.39 Å². The number of likely N-dealkylation sites (tertiary alicyclic amines) is 1. The number of imidazole rings is 1. The van der Waals surface area contributed by atoms with Gasteiger partial charge in [0.05, 0.1) is 12.0 Å². The Morgan fingerprint density at radius 3 is 3.04 bits per heavy atom. The maximum Gasteiger partial charge on any atom is 0.220 e. The van der Waals surface area contributed by atoms with Crippen LogP contribution >= 0.6 is 0 Å². The summed E-state index contributed by atoms with van der Waals surface area (Å²) in [5.74, 6) is 0.635. The first kappa shape index (κ1) is 18.5. The van der Waals surface area contributed by atoms with Crippen LogP contribution < -0.4 is 10.6 Å². The Hall–Kier alpha value is -2.90. The number of guanidine groups is 1. The Labute approximate surface area is 163 Å². The molecule has 0 saturated carbocycles. The number of nitrogens with one attached hydrogen (secondary N) is 2. The SMILES string of the molecule is CN=C(NCc1ccc(-n2ccnc2)c(F)c1)N1CCCC2(CNC(=O)C2)C1. The van der Waals surface area contributed by atoms with Gasteiger partial charge in [-0.1, -0.05) is 6.07 Å². The number of aliphatic imine (C=N–C) groups is 1. The molecular weight excluding hydrogens is 359 g/mol. The van der Waals surface area contributed by atoms with E-state index in [0.29, 0.717) is 18.7 Å². The zero-order chi connectivity index (χ0) is 19.6. The van der Waals surface area contributed by atoms with Crippen LogP contribution in [0.15, 0.2) is 41.9 Å². The summed E-state index contributed by atoms with van der Waals surface area (Å²) in [6.07, 6.45) is 7.59. The molecule has 28 heavy (non-hydrogen) atoms. The van der Waals surface area contributed by atoms with Crippen molar-refractivity contribution in [1.29, 1.82) is 0 Å². The van der Waals surface area contributed by atoms with Crippen LogP contribution in [0.2, 0.25) is 0 Å². The van der Waals surface area contributed by atoms with E-state index in [1.54, 1.807) is 36.4 Å². The lowest BCUT2D eigenvalue weighted by Gasteiger charge is -2.40. The zero-order valence-electron chi connectivity index (χ0n) is 16.0. The lowest BCUT2D eigenvalue weighted by atomic mass is 9.79. The Morgan fingerprint density at radius 1 is 1.46 bits per heavy atom. The summed E-state index contributed by atoms with van der Waals surface area (Å²) in [6, 6.07) is 5.19. The Morgan fingerprint density at radius 2 is 2.36 bits per heavy atom. The molecule has 1 atom stereocenters. The summed E-state index contributed by atoms with van der Waals surface area (Å²) in [5, 5.41) is 6.30. The lowest BCUT2D eigenvalue weighted by Crippen LogP contribution is -2.51. The summed E-state index contributed by atoms with van der Waals surface area (Å²) < 4.78 is 16.1. The fraction of sp³-hybridized carbons (Fsp3) is 0.450. The molecule has 3 heterocycles. The van der Waals surface area contributed by atoms with Crippen molar-refractivity contribution in [2.45, 2.75) is 25.8 Å². The standard InChI is InChI=1S/C20H25FN6O/c1-22-19(26-7-2-5-20(13-26)10-18(28)25-12-20)24-11-15-3-4-17(16(21)9-15)27-8-6-23-14-27/h3-4,6,8-9,14H,2,5,7,10-13H2,1H3,(H,22,24)(H,25,28). The molecule has 8 heteroatoms. The van der Waals surface area contributed by atoms with Crippen molar-refractivity contribution in [1.82, 2.24) is 25.1 Å². The van der Waals surface area contributed by atoms with Gasteiger partial charge in [-0.15, -0.1) is 0 Å². The minimum Gasteiger partial charge on any atom is -0.355 e. The molecule has 148 valence electrons. The van der Waals surface area contributed by atoms with Gasteiger partial charge in [-0.2, -0.15) is 0 Å². The summed E-state index contributed by atoms with van der Waals surface area (Å²) >= 11 is 0. The molecule has 2 aromatic rings. The van der Waals surface area contributed by atoms with Gasteiger partial charge in [0.2, 0.25) is 5.91 Å². The van der Waals surface area contributed by atoms with Gasteiger partial charge in [0.1, 0.15) is 5.82 Å². The minimum absolute atomic E-state index is 0.00547. The largest absolute Gasteiger partial charge is 0.355 e. The third-order valence-electron chi connectivity index (χ3n) is 5.61. The average Bonchev–Trinajstić information content (AvgIpc) is 3.33. The van der Waals surface area contributed by atoms with Gasteiger partial charge in [0, 0.05) is 57.5 Å². The van der Waals surface area contributed by atoms with Crippen molar-refractivity contribution in [3.8, 4) is 5.69 Å². The molecule has 2 N–H and O–H groups in total. The van der Waals surface area contributed by atoms with E-state index in [2.05, 4.69) is 25.5 Å². The summed E-state index contributed by atoms with van der Waals surface area (Å²) in [5.41, 5.74) is 1.32. The number of carbonyl (C=O) groups is 1. The summed E-state index contributed by atoms with van der Waals surface area (Å²) in [4.78, 5) is 22.3. The highest BCUT2D eigenvalue weighted by molar-refractivity contribution is 5.81. The van der Waals surface area contributed by atoms with Crippen molar-refractivity contribution in [2.75, 3.05) is 26.7 Å². The van der Waals surface area contributed by atoms with Crippen LogP contribution in [0, 0.1) is 11.2 Å². The third-order valence-corrected chi connectivity index (χ3v) is 5.61. The van der Waals surface area contributed by atoms with Gasteiger partial charge < -0.3 is 20.1 Å². The van der Waals surface area contributed by atoms with E-state index in [9.17, 15) is 9.18 Å². The number of nitrogens with zero attached hydrogens (tertiary/aromatic N) is 4. The lowest BCUT2D eigenvalue weighted by molar-refractivity contribution is -0.119. The molecule has 1 amide bonds. The van der Waals surface area contributed by atoms with Gasteiger partial charge in [-0.3, -0.25) is 9.79 Å². The molecule has 7 nitrogen and oxygen atoms in total. The quantitative estimate of drug-likeness (QED) is 0.624. The molecule has 2 aliphatic heterocycles. The number of aromatic nitrogens is 2. The van der Waals surface area contributed by atoms with Gasteiger partial charge in [-0.25, -0.2) is 9.37 Å². The molecule has 4 rings (SSSR count). The molecule has 0 radical (unpaired) electrons. The smallest absolute Gasteiger partial charge is 0.220 e. The van der Waals surface area contributed by atoms with E-state index in [1.165, 1.54) is 6.07 Å². The summed E-state index contributed by atoms with van der Waals surface area (Å²) in [6.45, 7) is 2.93. The number of piperidine rings is 1. The van der Waals surface area contributed by atoms with Gasteiger partial charge in [0.25, 0.3) is 0 Å². The number of carbonyl (C=O) groups excluding carboxylic acids is 1. The van der Waals surface area contributed by atoms with E-state index in [4.69, 9.17) is 0 Å². The van der Waals surface area contributed by atoms with Gasteiger partial charge >= 0.3 is 0 Å². The van der Waals surface area contributed by atoms with Gasteiger partial charge in [0.15, 0.2) is 5.96 Å². The Bertz CT molecular complexity index is 881. The number of hydrogen-bond donors (Lipinski definition) is 2. The molecule has 2 fully saturated rings. The average molecular weight is 384 g/mol. The predicted molar refractivity (Wildman–Crippen MR) is 105 cm³/mol. The molecule has 2 saturated heterocycles. The topological polar surface area (TPSA) is 74.6 Å². The molecular formula is C20H25FN6O. The number of hydrogen-bond acceptors (Lipinski definition) is 3. The summed E-state index contributed by atoms with van der Waals surface area (Å²) in [7, 11) is 1.75. The first-order valence-corrected chi connectivity index (χ1v) is 9.58. The molecule has 1 aromatic heterocycles. The molecule has 0 aliphatic carbocycles. The van der Waals surface area contributed by atoms with E-state index in [0.717, 1.165) is 44.0 Å². The van der Waals surface area contributed by atoms with Crippen molar-refractivity contribution >= 4 is 11.9 Å². The first-order chi connectivity index (χ1) is 13.6. The van der Waals surface area contributed by atoms with Crippen LogP contribution in [0.25, 0.3) is 5.69 Å². The van der Waals surface area contributed by atoms with E-state index < -0.39 is 0 Å². The number of halogens is 1.